The van der Waals surface area contributed by atoms with Gasteiger partial charge in [-0.2, -0.15) is 0 Å². The Balaban J connectivity index is 1.86. The summed E-state index contributed by atoms with van der Waals surface area (Å²) in [6.45, 7) is 7.05. The topological polar surface area (TPSA) is 6.48 Å². The van der Waals surface area contributed by atoms with Crippen molar-refractivity contribution >= 4 is 23.2 Å². The van der Waals surface area contributed by atoms with E-state index in [0.29, 0.717) is 22.1 Å². The molecule has 2 saturated heterocycles. The van der Waals surface area contributed by atoms with Crippen molar-refractivity contribution in [2.45, 2.75) is 44.7 Å². The molecule has 2 aliphatic rings. The molecule has 0 bridgehead atoms. The molecule has 0 N–H and O–H groups in total. The molecule has 1 aromatic rings. The highest BCUT2D eigenvalue weighted by atomic mass is 35.5. The average molecular weight is 327 g/mol. The molecule has 0 aliphatic carbocycles. The van der Waals surface area contributed by atoms with Gasteiger partial charge in [0.25, 0.3) is 0 Å². The zero-order chi connectivity index (χ0) is 14.8. The maximum absolute atomic E-state index is 6.24. The average Bonchev–Trinajstić information content (AvgIpc) is 2.95. The lowest BCUT2D eigenvalue weighted by molar-refractivity contribution is 0.0523. The predicted molar refractivity (Wildman–Crippen MR) is 90.3 cm³/mol. The molecular weight excluding hydrogens is 303 g/mol. The van der Waals surface area contributed by atoms with Gasteiger partial charge in [0.15, 0.2) is 0 Å². The van der Waals surface area contributed by atoms with Gasteiger partial charge >= 0.3 is 0 Å². The molecule has 0 aromatic heterocycles. The quantitative estimate of drug-likeness (QED) is 0.800. The van der Waals surface area contributed by atoms with Crippen molar-refractivity contribution in [2.24, 2.45) is 0 Å². The first kappa shape index (κ1) is 15.6. The Hall–Kier alpha value is -0.280. The first-order valence-corrected chi connectivity index (χ1v) is 8.89. The van der Waals surface area contributed by atoms with Gasteiger partial charge in [0.1, 0.15) is 0 Å². The van der Waals surface area contributed by atoms with Crippen LogP contribution in [-0.4, -0.2) is 42.1 Å². The van der Waals surface area contributed by atoms with Crippen LogP contribution in [-0.2, 0) is 0 Å². The molecule has 2 unspecified atom stereocenters. The smallest absolute Gasteiger partial charge is 0.0693 e. The number of nitrogens with zero attached hydrogens (tertiary/aromatic N) is 2. The van der Waals surface area contributed by atoms with Crippen molar-refractivity contribution in [3.05, 3.63) is 33.8 Å². The van der Waals surface area contributed by atoms with Crippen molar-refractivity contribution in [1.29, 1.82) is 0 Å². The fourth-order valence-electron chi connectivity index (χ4n) is 3.94. The molecule has 21 heavy (non-hydrogen) atoms. The van der Waals surface area contributed by atoms with Crippen molar-refractivity contribution in [1.82, 2.24) is 9.80 Å². The third kappa shape index (κ3) is 3.24. The number of likely N-dealkylation sites (tertiary alicyclic amines) is 2. The van der Waals surface area contributed by atoms with Gasteiger partial charge < -0.3 is 0 Å². The Morgan fingerprint density at radius 2 is 1.81 bits per heavy atom. The molecule has 4 heteroatoms. The minimum absolute atomic E-state index is 0.535. The van der Waals surface area contributed by atoms with E-state index in [2.05, 4.69) is 28.9 Å². The summed E-state index contributed by atoms with van der Waals surface area (Å²) in [6.07, 6.45) is 5.80. The van der Waals surface area contributed by atoms with E-state index in [1.165, 1.54) is 50.9 Å². The van der Waals surface area contributed by atoms with Gasteiger partial charge in [-0.25, -0.2) is 0 Å². The second-order valence-corrected chi connectivity index (χ2v) is 7.02. The summed E-state index contributed by atoms with van der Waals surface area (Å²) < 4.78 is 0. The lowest BCUT2D eigenvalue weighted by atomic mass is 9.94. The molecule has 0 saturated carbocycles. The third-order valence-corrected chi connectivity index (χ3v) is 5.74. The molecule has 0 radical (unpaired) electrons. The van der Waals surface area contributed by atoms with Crippen LogP contribution in [0.25, 0.3) is 0 Å². The van der Waals surface area contributed by atoms with Gasteiger partial charge in [-0.1, -0.05) is 42.6 Å². The van der Waals surface area contributed by atoms with Gasteiger partial charge in [-0.15, -0.1) is 0 Å². The fourth-order valence-corrected chi connectivity index (χ4v) is 4.24. The highest BCUT2D eigenvalue weighted by Crippen LogP contribution is 2.38. The maximum atomic E-state index is 6.24. The Kier molecular flexibility index (Phi) is 5.11. The van der Waals surface area contributed by atoms with E-state index in [1.807, 2.05) is 6.07 Å². The summed E-state index contributed by atoms with van der Waals surface area (Å²) >= 11 is 12.3. The van der Waals surface area contributed by atoms with Crippen LogP contribution in [0, 0.1) is 0 Å². The minimum atomic E-state index is 0.535. The zero-order valence-electron chi connectivity index (χ0n) is 12.7. The van der Waals surface area contributed by atoms with Gasteiger partial charge in [-0.05, 0) is 56.6 Å². The highest BCUT2D eigenvalue weighted by molar-refractivity contribution is 6.42. The summed E-state index contributed by atoms with van der Waals surface area (Å²) in [5, 5.41) is 1.33. The molecule has 2 fully saturated rings. The van der Waals surface area contributed by atoms with Crippen molar-refractivity contribution in [2.75, 3.05) is 26.2 Å². The molecule has 2 heterocycles. The minimum Gasteiger partial charge on any atom is -0.288 e. The lowest BCUT2D eigenvalue weighted by Crippen LogP contribution is -2.49. The van der Waals surface area contributed by atoms with Crippen LogP contribution in [0.1, 0.15) is 44.1 Å². The van der Waals surface area contributed by atoms with Crippen LogP contribution >= 0.6 is 23.2 Å². The van der Waals surface area contributed by atoms with Gasteiger partial charge in [-0.3, -0.25) is 9.80 Å². The molecule has 2 atom stereocenters. The van der Waals surface area contributed by atoms with Crippen LogP contribution in [0.4, 0.5) is 0 Å². The van der Waals surface area contributed by atoms with E-state index in [1.54, 1.807) is 0 Å². The van der Waals surface area contributed by atoms with Crippen LogP contribution in [0.3, 0.4) is 0 Å². The van der Waals surface area contributed by atoms with E-state index in [-0.39, 0.29) is 0 Å². The van der Waals surface area contributed by atoms with Gasteiger partial charge in [0.05, 0.1) is 16.2 Å². The molecule has 116 valence electrons. The van der Waals surface area contributed by atoms with Crippen LogP contribution in [0.5, 0.6) is 0 Å². The number of likely N-dealkylation sites (N-methyl/N-ethyl adjacent to an activating group) is 1. The van der Waals surface area contributed by atoms with Crippen molar-refractivity contribution < 1.29 is 0 Å². The van der Waals surface area contributed by atoms with Crippen LogP contribution in [0.2, 0.25) is 10.0 Å². The number of benzene rings is 1. The SMILES string of the molecule is CCN1CCC(c2ccc(Cl)c(Cl)c2)C1N1CCCCC1. The molecule has 0 spiro atoms. The summed E-state index contributed by atoms with van der Waals surface area (Å²) in [7, 11) is 0. The summed E-state index contributed by atoms with van der Waals surface area (Å²) in [5.41, 5.74) is 1.34. The standard InChI is InChI=1S/C17H24Cl2N2/c1-2-20-11-8-14(13-6-7-15(18)16(19)12-13)17(20)21-9-4-3-5-10-21/h6-7,12,14,17H,2-5,8-11H2,1H3. The Morgan fingerprint density at radius 3 is 2.48 bits per heavy atom. The monoisotopic (exact) mass is 326 g/mol. The Bertz CT molecular complexity index is 486. The normalized spacial score (nSPS) is 28.1. The summed E-state index contributed by atoms with van der Waals surface area (Å²) in [5.74, 6) is 0.554. The second-order valence-electron chi connectivity index (χ2n) is 6.21. The van der Waals surface area contributed by atoms with Crippen LogP contribution in [0.15, 0.2) is 18.2 Å². The number of piperidine rings is 1. The third-order valence-electron chi connectivity index (χ3n) is 5.00. The van der Waals surface area contributed by atoms with Crippen LogP contribution < -0.4 is 0 Å². The van der Waals surface area contributed by atoms with E-state index >= 15 is 0 Å². The Labute approximate surface area is 138 Å². The molecular formula is C17H24Cl2N2. The summed E-state index contributed by atoms with van der Waals surface area (Å²) in [6, 6.07) is 6.18. The number of hydrogen-bond donors (Lipinski definition) is 0. The molecule has 2 aliphatic heterocycles. The van der Waals surface area contributed by atoms with Crippen molar-refractivity contribution in [3.63, 3.8) is 0 Å². The first-order valence-electron chi connectivity index (χ1n) is 8.13. The first-order chi connectivity index (χ1) is 10.2. The van der Waals surface area contributed by atoms with E-state index in [4.69, 9.17) is 23.2 Å². The van der Waals surface area contributed by atoms with E-state index < -0.39 is 0 Å². The highest BCUT2D eigenvalue weighted by Gasteiger charge is 2.38. The molecule has 3 rings (SSSR count). The molecule has 2 nitrogen and oxygen atoms in total. The second kappa shape index (κ2) is 6.87. The van der Waals surface area contributed by atoms with Crippen molar-refractivity contribution in [3.8, 4) is 0 Å². The van der Waals surface area contributed by atoms with Gasteiger partial charge in [0, 0.05) is 12.5 Å². The van der Waals surface area contributed by atoms with E-state index in [9.17, 15) is 0 Å². The zero-order valence-corrected chi connectivity index (χ0v) is 14.2. The maximum Gasteiger partial charge on any atom is 0.0693 e. The predicted octanol–water partition coefficient (Wildman–Crippen LogP) is 4.61. The number of halogens is 2. The molecule has 1 aromatic carbocycles. The van der Waals surface area contributed by atoms with E-state index in [0.717, 1.165) is 6.54 Å². The van der Waals surface area contributed by atoms with Gasteiger partial charge in [0.2, 0.25) is 0 Å². The largest absolute Gasteiger partial charge is 0.288 e. The Morgan fingerprint density at radius 1 is 1.05 bits per heavy atom. The number of rotatable bonds is 3. The lowest BCUT2D eigenvalue weighted by Gasteiger charge is -2.40. The summed E-state index contributed by atoms with van der Waals surface area (Å²) in [4.78, 5) is 5.31. The fraction of sp³-hybridized carbons (Fsp3) is 0.647. The molecule has 0 amide bonds. The number of hydrogen-bond acceptors (Lipinski definition) is 2.